The average molecular weight is 297 g/mol. The number of carbonyl (C=O) groups is 1. The van der Waals surface area contributed by atoms with Gasteiger partial charge >= 0.3 is 0 Å². The Hall–Kier alpha value is -0.870. The summed E-state index contributed by atoms with van der Waals surface area (Å²) in [6, 6.07) is 0.0103. The van der Waals surface area contributed by atoms with Crippen molar-refractivity contribution in [1.29, 1.82) is 0 Å². The van der Waals surface area contributed by atoms with Gasteiger partial charge in [0.15, 0.2) is 0 Å². The number of unbranched alkanes of at least 4 members (excludes halogenated alkanes) is 2. The second kappa shape index (κ2) is 10.8. The van der Waals surface area contributed by atoms with Gasteiger partial charge in [0, 0.05) is 25.8 Å². The molecule has 1 aliphatic heterocycles. The summed E-state index contributed by atoms with van der Waals surface area (Å²) in [5, 5.41) is 0. The van der Waals surface area contributed by atoms with Crippen LogP contribution in [0.2, 0.25) is 0 Å². The molecule has 0 fully saturated rings. The molecule has 0 N–H and O–H groups in total. The lowest BCUT2D eigenvalue weighted by atomic mass is 10.0. The van der Waals surface area contributed by atoms with Gasteiger partial charge in [-0.1, -0.05) is 33.6 Å². The number of nitrogens with zero attached hydrogens (tertiary/aromatic N) is 1. The molecule has 0 aliphatic carbocycles. The van der Waals surface area contributed by atoms with E-state index in [9.17, 15) is 4.79 Å². The van der Waals surface area contributed by atoms with Crippen LogP contribution in [0.1, 0.15) is 52.9 Å². The Morgan fingerprint density at radius 3 is 2.48 bits per heavy atom. The van der Waals surface area contributed by atoms with E-state index in [-0.39, 0.29) is 18.1 Å². The Kier molecular flexibility index (Phi) is 9.35. The van der Waals surface area contributed by atoms with Crippen molar-refractivity contribution in [2.45, 2.75) is 65.0 Å². The largest absolute Gasteiger partial charge is 0.379 e. The first-order chi connectivity index (χ1) is 10.2. The molecule has 0 bridgehead atoms. The van der Waals surface area contributed by atoms with E-state index in [1.54, 1.807) is 6.08 Å². The minimum atomic E-state index is -0.0394. The molecule has 0 radical (unpaired) electrons. The first kappa shape index (κ1) is 18.2. The van der Waals surface area contributed by atoms with Crippen LogP contribution in [0.3, 0.4) is 0 Å². The molecule has 1 rings (SSSR count). The predicted molar refractivity (Wildman–Crippen MR) is 85.3 cm³/mol. The SMILES string of the molecule is CCCCOCC1C(OCCCC)C=CC(=O)N1CCC. The van der Waals surface area contributed by atoms with Crippen molar-refractivity contribution in [3.05, 3.63) is 12.2 Å². The van der Waals surface area contributed by atoms with Crippen molar-refractivity contribution in [1.82, 2.24) is 4.90 Å². The highest BCUT2D eigenvalue weighted by Gasteiger charge is 2.32. The van der Waals surface area contributed by atoms with Crippen molar-refractivity contribution < 1.29 is 14.3 Å². The molecule has 1 amide bonds. The molecule has 122 valence electrons. The topological polar surface area (TPSA) is 38.8 Å². The van der Waals surface area contributed by atoms with Crippen LogP contribution in [0.15, 0.2) is 12.2 Å². The molecular weight excluding hydrogens is 266 g/mol. The molecule has 0 aromatic carbocycles. The fourth-order valence-corrected chi connectivity index (χ4v) is 2.42. The van der Waals surface area contributed by atoms with Gasteiger partial charge < -0.3 is 14.4 Å². The molecule has 0 saturated heterocycles. The smallest absolute Gasteiger partial charge is 0.246 e. The highest BCUT2D eigenvalue weighted by atomic mass is 16.5. The maximum Gasteiger partial charge on any atom is 0.246 e. The summed E-state index contributed by atoms with van der Waals surface area (Å²) in [5.74, 6) is 0.0799. The Morgan fingerprint density at radius 2 is 1.81 bits per heavy atom. The maximum absolute atomic E-state index is 12.1. The average Bonchev–Trinajstić information content (AvgIpc) is 2.49. The Morgan fingerprint density at radius 1 is 1.10 bits per heavy atom. The van der Waals surface area contributed by atoms with Crippen molar-refractivity contribution in [3.8, 4) is 0 Å². The molecule has 2 atom stereocenters. The summed E-state index contributed by atoms with van der Waals surface area (Å²) in [6.07, 6.45) is 8.81. The zero-order valence-electron chi connectivity index (χ0n) is 13.8. The van der Waals surface area contributed by atoms with Gasteiger partial charge in [0.05, 0.1) is 18.8 Å². The third-order valence-electron chi connectivity index (χ3n) is 3.69. The van der Waals surface area contributed by atoms with Gasteiger partial charge in [-0.25, -0.2) is 0 Å². The van der Waals surface area contributed by atoms with Crippen LogP contribution >= 0.6 is 0 Å². The summed E-state index contributed by atoms with van der Waals surface area (Å²) in [7, 11) is 0. The normalized spacial score (nSPS) is 22.0. The molecule has 1 heterocycles. The van der Waals surface area contributed by atoms with Crippen LogP contribution in [0.4, 0.5) is 0 Å². The molecule has 0 saturated carbocycles. The fraction of sp³-hybridized carbons (Fsp3) is 0.824. The van der Waals surface area contributed by atoms with E-state index in [1.807, 2.05) is 11.0 Å². The lowest BCUT2D eigenvalue weighted by molar-refractivity contribution is -0.135. The number of rotatable bonds is 11. The first-order valence-electron chi connectivity index (χ1n) is 8.42. The molecule has 4 heteroatoms. The van der Waals surface area contributed by atoms with Gasteiger partial charge in [-0.05, 0) is 25.3 Å². The second-order valence-electron chi connectivity index (χ2n) is 5.58. The summed E-state index contributed by atoms with van der Waals surface area (Å²) in [4.78, 5) is 14.0. The molecule has 0 aromatic heterocycles. The number of hydrogen-bond donors (Lipinski definition) is 0. The molecule has 1 aliphatic rings. The molecule has 0 aromatic rings. The van der Waals surface area contributed by atoms with Crippen molar-refractivity contribution in [2.75, 3.05) is 26.4 Å². The molecule has 0 spiro atoms. The van der Waals surface area contributed by atoms with Gasteiger partial charge in [-0.2, -0.15) is 0 Å². The van der Waals surface area contributed by atoms with Crippen LogP contribution in [0.5, 0.6) is 0 Å². The van der Waals surface area contributed by atoms with Crippen LogP contribution in [-0.4, -0.2) is 49.3 Å². The minimum absolute atomic E-state index is 0.0103. The van der Waals surface area contributed by atoms with Crippen molar-refractivity contribution in [2.24, 2.45) is 0 Å². The van der Waals surface area contributed by atoms with E-state index < -0.39 is 0 Å². The van der Waals surface area contributed by atoms with Gasteiger partial charge in [0.2, 0.25) is 5.91 Å². The molecular formula is C17H31NO3. The lowest BCUT2D eigenvalue weighted by Gasteiger charge is -2.37. The fourth-order valence-electron chi connectivity index (χ4n) is 2.42. The maximum atomic E-state index is 12.1. The number of ether oxygens (including phenoxy) is 2. The number of amides is 1. The zero-order chi connectivity index (χ0) is 15.5. The second-order valence-corrected chi connectivity index (χ2v) is 5.58. The van der Waals surface area contributed by atoms with Crippen molar-refractivity contribution in [3.63, 3.8) is 0 Å². The minimum Gasteiger partial charge on any atom is -0.379 e. The van der Waals surface area contributed by atoms with Gasteiger partial charge in [-0.3, -0.25) is 4.79 Å². The number of carbonyl (C=O) groups excluding carboxylic acids is 1. The summed E-state index contributed by atoms with van der Waals surface area (Å²) >= 11 is 0. The summed E-state index contributed by atoms with van der Waals surface area (Å²) < 4.78 is 11.7. The molecule has 4 nitrogen and oxygen atoms in total. The highest BCUT2D eigenvalue weighted by Crippen LogP contribution is 2.18. The molecule has 2 unspecified atom stereocenters. The van der Waals surface area contributed by atoms with Crippen LogP contribution in [0.25, 0.3) is 0 Å². The zero-order valence-corrected chi connectivity index (χ0v) is 13.8. The van der Waals surface area contributed by atoms with Crippen LogP contribution < -0.4 is 0 Å². The third-order valence-corrected chi connectivity index (χ3v) is 3.69. The molecule has 21 heavy (non-hydrogen) atoms. The highest BCUT2D eigenvalue weighted by molar-refractivity contribution is 5.89. The van der Waals surface area contributed by atoms with E-state index in [2.05, 4.69) is 20.8 Å². The monoisotopic (exact) mass is 297 g/mol. The third kappa shape index (κ3) is 6.18. The quantitative estimate of drug-likeness (QED) is 0.550. The summed E-state index contributed by atoms with van der Waals surface area (Å²) in [5.41, 5.74) is 0. The van der Waals surface area contributed by atoms with Gasteiger partial charge in [-0.15, -0.1) is 0 Å². The van der Waals surface area contributed by atoms with E-state index in [0.29, 0.717) is 6.61 Å². The predicted octanol–water partition coefficient (Wildman–Crippen LogP) is 3.17. The lowest BCUT2D eigenvalue weighted by Crippen LogP contribution is -2.52. The summed E-state index contributed by atoms with van der Waals surface area (Å²) in [6.45, 7) is 9.21. The Bertz CT molecular complexity index is 317. The van der Waals surface area contributed by atoms with Crippen LogP contribution in [-0.2, 0) is 14.3 Å². The Labute approximate surface area is 129 Å². The van der Waals surface area contributed by atoms with E-state index in [0.717, 1.165) is 51.9 Å². The van der Waals surface area contributed by atoms with E-state index >= 15 is 0 Å². The van der Waals surface area contributed by atoms with Crippen molar-refractivity contribution >= 4 is 5.91 Å². The number of hydrogen-bond acceptors (Lipinski definition) is 3. The van der Waals surface area contributed by atoms with Gasteiger partial charge in [0.1, 0.15) is 0 Å². The van der Waals surface area contributed by atoms with Gasteiger partial charge in [0.25, 0.3) is 0 Å². The van der Waals surface area contributed by atoms with E-state index in [1.165, 1.54) is 0 Å². The Balaban J connectivity index is 2.62. The van der Waals surface area contributed by atoms with E-state index in [4.69, 9.17) is 9.47 Å². The van der Waals surface area contributed by atoms with Crippen LogP contribution in [0, 0.1) is 0 Å². The standard InChI is InChI=1S/C17H31NO3/c1-4-7-12-20-14-15-16(21-13-8-5-2)9-10-17(19)18(15)11-6-3/h9-10,15-16H,4-8,11-14H2,1-3H3. The first-order valence-corrected chi connectivity index (χ1v) is 8.42.